The maximum atomic E-state index is 13.0. The molecule has 0 N–H and O–H groups in total. The quantitative estimate of drug-likeness (QED) is 0.700. The number of rotatable bonds is 4. The Bertz CT molecular complexity index is 1020. The van der Waals surface area contributed by atoms with Crippen LogP contribution in [-0.4, -0.2) is 87.2 Å². The molecule has 0 saturated carbocycles. The summed E-state index contributed by atoms with van der Waals surface area (Å²) in [7, 11) is -1.58. The van der Waals surface area contributed by atoms with Crippen LogP contribution in [0, 0.1) is 11.3 Å². The van der Waals surface area contributed by atoms with Crippen LogP contribution in [0.25, 0.3) is 0 Å². The SMILES string of the molecule is CN1CCN(c2ccc(N3CCN(S(=O)(=O)c4ccccc4C#N)CC3)nn2)CC1. The Kier molecular flexibility index (Phi) is 5.85. The second-order valence-corrected chi connectivity index (χ2v) is 9.45. The van der Waals surface area contributed by atoms with Crippen molar-refractivity contribution in [2.45, 2.75) is 4.90 Å². The van der Waals surface area contributed by atoms with Gasteiger partial charge in [0.25, 0.3) is 0 Å². The van der Waals surface area contributed by atoms with Crippen LogP contribution in [0.2, 0.25) is 0 Å². The first-order chi connectivity index (χ1) is 14.5. The molecule has 0 aliphatic carbocycles. The molecule has 0 amide bonds. The van der Waals surface area contributed by atoms with E-state index in [1.54, 1.807) is 12.1 Å². The van der Waals surface area contributed by atoms with Gasteiger partial charge >= 0.3 is 0 Å². The molecule has 10 heteroatoms. The Morgan fingerprint density at radius 3 is 1.90 bits per heavy atom. The van der Waals surface area contributed by atoms with E-state index in [1.165, 1.54) is 16.4 Å². The summed E-state index contributed by atoms with van der Waals surface area (Å²) in [6, 6.07) is 12.2. The minimum Gasteiger partial charge on any atom is -0.353 e. The second kappa shape index (κ2) is 8.55. The molecular formula is C20H25N7O2S. The molecule has 0 atom stereocenters. The summed E-state index contributed by atoms with van der Waals surface area (Å²) >= 11 is 0. The zero-order valence-electron chi connectivity index (χ0n) is 17.0. The number of nitriles is 1. The highest BCUT2D eigenvalue weighted by Crippen LogP contribution is 2.23. The third-order valence-corrected chi connectivity index (χ3v) is 7.61. The summed E-state index contributed by atoms with van der Waals surface area (Å²) in [5, 5.41) is 18.0. The van der Waals surface area contributed by atoms with Gasteiger partial charge in [0.15, 0.2) is 11.6 Å². The summed E-state index contributed by atoms with van der Waals surface area (Å²) in [5.74, 6) is 1.63. The lowest BCUT2D eigenvalue weighted by atomic mass is 10.2. The fourth-order valence-corrected chi connectivity index (χ4v) is 5.34. The Morgan fingerprint density at radius 2 is 1.37 bits per heavy atom. The topological polar surface area (TPSA) is 96.7 Å². The van der Waals surface area contributed by atoms with Gasteiger partial charge in [-0.2, -0.15) is 9.57 Å². The number of anilines is 2. The van der Waals surface area contributed by atoms with Gasteiger partial charge in [0.1, 0.15) is 6.07 Å². The van der Waals surface area contributed by atoms with E-state index in [4.69, 9.17) is 0 Å². The standard InChI is InChI=1S/C20H25N7O2S/c1-24-8-10-25(11-9-24)19-6-7-20(23-22-19)26-12-14-27(15-13-26)30(28,29)18-5-3-2-4-17(18)16-21/h2-7H,8-15H2,1H3. The lowest BCUT2D eigenvalue weighted by Gasteiger charge is -2.35. The minimum atomic E-state index is -3.70. The first-order valence-electron chi connectivity index (χ1n) is 10.0. The largest absolute Gasteiger partial charge is 0.353 e. The molecule has 158 valence electrons. The van der Waals surface area contributed by atoms with Crippen molar-refractivity contribution in [1.29, 1.82) is 5.26 Å². The molecule has 4 rings (SSSR count). The van der Waals surface area contributed by atoms with E-state index < -0.39 is 10.0 Å². The lowest BCUT2D eigenvalue weighted by molar-refractivity contribution is 0.312. The van der Waals surface area contributed by atoms with Gasteiger partial charge in [-0.1, -0.05) is 12.1 Å². The zero-order chi connectivity index (χ0) is 21.1. The molecule has 2 saturated heterocycles. The highest BCUT2D eigenvalue weighted by molar-refractivity contribution is 7.89. The molecule has 30 heavy (non-hydrogen) atoms. The van der Waals surface area contributed by atoms with Crippen molar-refractivity contribution < 1.29 is 8.42 Å². The van der Waals surface area contributed by atoms with Gasteiger partial charge in [0, 0.05) is 52.4 Å². The van der Waals surface area contributed by atoms with E-state index in [2.05, 4.69) is 27.0 Å². The van der Waals surface area contributed by atoms with E-state index in [0.29, 0.717) is 26.2 Å². The van der Waals surface area contributed by atoms with Crippen molar-refractivity contribution in [2.24, 2.45) is 0 Å². The van der Waals surface area contributed by atoms with Crippen LogP contribution in [-0.2, 0) is 10.0 Å². The molecule has 0 unspecified atom stereocenters. The van der Waals surface area contributed by atoms with Gasteiger partial charge in [-0.25, -0.2) is 8.42 Å². The minimum absolute atomic E-state index is 0.0669. The summed E-state index contributed by atoms with van der Waals surface area (Å²) in [6.07, 6.45) is 0. The number of likely N-dealkylation sites (N-methyl/N-ethyl adjacent to an activating group) is 1. The smallest absolute Gasteiger partial charge is 0.244 e. The number of hydrogen-bond donors (Lipinski definition) is 0. The molecule has 0 spiro atoms. The van der Waals surface area contributed by atoms with E-state index in [-0.39, 0.29) is 10.5 Å². The first kappa shape index (κ1) is 20.5. The van der Waals surface area contributed by atoms with Crippen molar-refractivity contribution in [2.75, 3.05) is 69.2 Å². The molecule has 2 aliphatic heterocycles. The predicted octanol–water partition coefficient (Wildman–Crippen LogP) is 0.611. The van der Waals surface area contributed by atoms with Crippen molar-refractivity contribution in [3.05, 3.63) is 42.0 Å². The number of nitrogens with zero attached hydrogens (tertiary/aromatic N) is 7. The lowest BCUT2D eigenvalue weighted by Crippen LogP contribution is -2.49. The second-order valence-electron chi connectivity index (χ2n) is 7.54. The summed E-state index contributed by atoms with van der Waals surface area (Å²) in [6.45, 7) is 5.61. The summed E-state index contributed by atoms with van der Waals surface area (Å²) < 4.78 is 27.4. The third kappa shape index (κ3) is 4.09. The van der Waals surface area contributed by atoms with E-state index in [1.807, 2.05) is 23.1 Å². The monoisotopic (exact) mass is 427 g/mol. The Balaban J connectivity index is 1.40. The van der Waals surface area contributed by atoms with Crippen molar-refractivity contribution >= 4 is 21.7 Å². The number of sulfonamides is 1. The number of benzene rings is 1. The fraction of sp³-hybridized carbons (Fsp3) is 0.450. The maximum absolute atomic E-state index is 13.0. The Hall–Kier alpha value is -2.74. The summed E-state index contributed by atoms with van der Waals surface area (Å²) in [4.78, 5) is 6.63. The van der Waals surface area contributed by atoms with Gasteiger partial charge in [0.05, 0.1) is 10.5 Å². The van der Waals surface area contributed by atoms with Crippen LogP contribution in [0.1, 0.15) is 5.56 Å². The van der Waals surface area contributed by atoms with Gasteiger partial charge in [0.2, 0.25) is 10.0 Å². The van der Waals surface area contributed by atoms with Crippen LogP contribution < -0.4 is 9.80 Å². The molecule has 2 aromatic rings. The molecule has 1 aromatic carbocycles. The average molecular weight is 428 g/mol. The number of piperazine rings is 2. The van der Waals surface area contributed by atoms with Crippen LogP contribution in [0.15, 0.2) is 41.3 Å². The van der Waals surface area contributed by atoms with E-state index >= 15 is 0 Å². The molecule has 3 heterocycles. The van der Waals surface area contributed by atoms with Crippen LogP contribution in [0.5, 0.6) is 0 Å². The van der Waals surface area contributed by atoms with Gasteiger partial charge in [-0.15, -0.1) is 10.2 Å². The van der Waals surface area contributed by atoms with E-state index in [9.17, 15) is 13.7 Å². The first-order valence-corrected chi connectivity index (χ1v) is 11.4. The molecule has 0 radical (unpaired) electrons. The van der Waals surface area contributed by atoms with E-state index in [0.717, 1.165) is 37.8 Å². The van der Waals surface area contributed by atoms with Gasteiger partial charge in [-0.05, 0) is 31.3 Å². The molecule has 2 fully saturated rings. The zero-order valence-corrected chi connectivity index (χ0v) is 17.8. The molecular weight excluding hydrogens is 402 g/mol. The number of hydrogen-bond acceptors (Lipinski definition) is 8. The molecule has 0 bridgehead atoms. The van der Waals surface area contributed by atoms with Crippen LogP contribution in [0.4, 0.5) is 11.6 Å². The maximum Gasteiger partial charge on any atom is 0.244 e. The normalized spacial score (nSPS) is 18.9. The van der Waals surface area contributed by atoms with Crippen LogP contribution in [0.3, 0.4) is 0 Å². The van der Waals surface area contributed by atoms with Crippen molar-refractivity contribution in [1.82, 2.24) is 19.4 Å². The number of aromatic nitrogens is 2. The summed E-state index contributed by atoms with van der Waals surface area (Å²) in [5.41, 5.74) is 0.172. The third-order valence-electron chi connectivity index (χ3n) is 5.65. The Labute approximate surface area is 177 Å². The average Bonchev–Trinajstić information content (AvgIpc) is 2.80. The van der Waals surface area contributed by atoms with Crippen molar-refractivity contribution in [3.63, 3.8) is 0 Å². The van der Waals surface area contributed by atoms with Crippen LogP contribution >= 0.6 is 0 Å². The predicted molar refractivity (Wildman–Crippen MR) is 114 cm³/mol. The van der Waals surface area contributed by atoms with Gasteiger partial charge < -0.3 is 14.7 Å². The fourth-order valence-electron chi connectivity index (χ4n) is 3.77. The highest BCUT2D eigenvalue weighted by atomic mass is 32.2. The molecule has 1 aromatic heterocycles. The van der Waals surface area contributed by atoms with Crippen molar-refractivity contribution in [3.8, 4) is 6.07 Å². The van der Waals surface area contributed by atoms with Gasteiger partial charge in [-0.3, -0.25) is 0 Å². The molecule has 2 aliphatic rings. The Morgan fingerprint density at radius 1 is 0.833 bits per heavy atom. The highest BCUT2D eigenvalue weighted by Gasteiger charge is 2.30. The molecule has 9 nitrogen and oxygen atoms in total.